The lowest BCUT2D eigenvalue weighted by Crippen LogP contribution is -2.62. The van der Waals surface area contributed by atoms with Crippen molar-refractivity contribution in [1.29, 1.82) is 0 Å². The zero-order valence-electron chi connectivity index (χ0n) is 18.8. The normalized spacial score (nSPS) is 52.9. The molecule has 4 saturated carbocycles. The fraction of sp³-hybridized carbons (Fsp3) is 0.960. The van der Waals surface area contributed by atoms with Crippen LogP contribution in [-0.4, -0.2) is 33.5 Å². The highest BCUT2D eigenvalue weighted by atomic mass is 16.4. The molecule has 4 nitrogen and oxygen atoms in total. The average molecular weight is 407 g/mol. The quantitative estimate of drug-likeness (QED) is 0.631. The molecule has 29 heavy (non-hydrogen) atoms. The summed E-state index contributed by atoms with van der Waals surface area (Å²) >= 11 is 0. The third-order valence-corrected chi connectivity index (χ3v) is 10.6. The van der Waals surface area contributed by atoms with Crippen LogP contribution in [-0.2, 0) is 4.79 Å². The van der Waals surface area contributed by atoms with Crippen molar-refractivity contribution in [2.75, 3.05) is 0 Å². The van der Waals surface area contributed by atoms with E-state index in [4.69, 9.17) is 0 Å². The van der Waals surface area contributed by atoms with Crippen molar-refractivity contribution in [3.05, 3.63) is 0 Å². The Bertz CT molecular complexity index is 634. The molecule has 0 amide bonds. The van der Waals surface area contributed by atoms with E-state index < -0.39 is 5.97 Å². The minimum Gasteiger partial charge on any atom is -0.481 e. The minimum absolute atomic E-state index is 0.159. The molecule has 4 heteroatoms. The second-order valence-electron chi connectivity index (χ2n) is 11.7. The van der Waals surface area contributed by atoms with E-state index in [1.54, 1.807) is 0 Å². The highest BCUT2D eigenvalue weighted by Crippen LogP contribution is 2.69. The van der Waals surface area contributed by atoms with E-state index in [0.29, 0.717) is 29.6 Å². The van der Waals surface area contributed by atoms with Gasteiger partial charge in [0, 0.05) is 6.42 Å². The van der Waals surface area contributed by atoms with Crippen LogP contribution in [0.1, 0.15) is 85.5 Å². The topological polar surface area (TPSA) is 77.8 Å². The van der Waals surface area contributed by atoms with Crippen molar-refractivity contribution in [1.82, 2.24) is 0 Å². The van der Waals surface area contributed by atoms with Gasteiger partial charge in [0.2, 0.25) is 0 Å². The molecule has 0 aromatic rings. The van der Waals surface area contributed by atoms with E-state index in [2.05, 4.69) is 27.7 Å². The van der Waals surface area contributed by atoms with E-state index >= 15 is 0 Å². The number of hydrogen-bond acceptors (Lipinski definition) is 3. The maximum atomic E-state index is 11.7. The molecule has 0 aromatic heterocycles. The van der Waals surface area contributed by atoms with E-state index in [0.717, 1.165) is 44.9 Å². The number of fused-ring (bicyclic) bond motifs is 5. The number of hydrogen-bond donors (Lipinski definition) is 3. The van der Waals surface area contributed by atoms with Gasteiger partial charge in [-0.25, -0.2) is 0 Å². The van der Waals surface area contributed by atoms with Gasteiger partial charge < -0.3 is 15.3 Å². The molecule has 0 radical (unpaired) electrons. The molecule has 3 unspecified atom stereocenters. The fourth-order valence-corrected chi connectivity index (χ4v) is 9.35. The lowest BCUT2D eigenvalue weighted by atomic mass is 9.41. The zero-order valence-corrected chi connectivity index (χ0v) is 18.8. The largest absolute Gasteiger partial charge is 0.481 e. The predicted octanol–water partition coefficient (Wildman–Crippen LogP) is 4.72. The van der Waals surface area contributed by atoms with Gasteiger partial charge in [-0.05, 0) is 97.2 Å². The zero-order chi connectivity index (χ0) is 21.1. The number of carbonyl (C=O) groups is 1. The molecule has 0 aliphatic heterocycles. The summed E-state index contributed by atoms with van der Waals surface area (Å²) in [6.07, 6.45) is 8.21. The van der Waals surface area contributed by atoms with Gasteiger partial charge in [0.05, 0.1) is 12.2 Å². The number of carboxylic acids is 1. The van der Waals surface area contributed by atoms with Gasteiger partial charge in [-0.2, -0.15) is 0 Å². The van der Waals surface area contributed by atoms with Gasteiger partial charge in [0.25, 0.3) is 0 Å². The molecule has 0 aromatic carbocycles. The molecule has 4 aliphatic rings. The third-order valence-electron chi connectivity index (χ3n) is 10.6. The maximum absolute atomic E-state index is 11.7. The van der Waals surface area contributed by atoms with Crippen LogP contribution in [0.15, 0.2) is 0 Å². The monoisotopic (exact) mass is 406 g/mol. The smallest absolute Gasteiger partial charge is 0.303 e. The molecule has 166 valence electrons. The second kappa shape index (κ2) is 7.51. The Morgan fingerprint density at radius 3 is 2.31 bits per heavy atom. The van der Waals surface area contributed by atoms with Gasteiger partial charge in [0.1, 0.15) is 0 Å². The number of carboxylic acid groups (broad SMARTS) is 1. The molecule has 3 N–H and O–H groups in total. The Morgan fingerprint density at radius 1 is 1.00 bits per heavy atom. The van der Waals surface area contributed by atoms with E-state index in [9.17, 15) is 20.1 Å². The summed E-state index contributed by atoms with van der Waals surface area (Å²) in [5, 5.41) is 31.4. The first kappa shape index (κ1) is 21.6. The summed E-state index contributed by atoms with van der Waals surface area (Å²) in [7, 11) is 0. The predicted molar refractivity (Wildman–Crippen MR) is 113 cm³/mol. The lowest BCUT2D eigenvalue weighted by Gasteiger charge is -2.64. The van der Waals surface area contributed by atoms with Crippen LogP contribution in [0.5, 0.6) is 0 Å². The Kier molecular flexibility index (Phi) is 5.60. The maximum Gasteiger partial charge on any atom is 0.303 e. The van der Waals surface area contributed by atoms with E-state index in [1.807, 2.05) is 0 Å². The van der Waals surface area contributed by atoms with Crippen molar-refractivity contribution < 1.29 is 20.1 Å². The lowest BCUT2D eigenvalue weighted by molar-refractivity contribution is -0.203. The van der Waals surface area contributed by atoms with E-state index in [1.165, 1.54) is 6.42 Å². The summed E-state index contributed by atoms with van der Waals surface area (Å²) in [4.78, 5) is 11.4. The number of aliphatic carboxylic acids is 1. The van der Waals surface area contributed by atoms with Crippen LogP contribution in [0, 0.1) is 52.3 Å². The third kappa shape index (κ3) is 3.19. The van der Waals surface area contributed by atoms with Crippen molar-refractivity contribution >= 4 is 5.97 Å². The number of rotatable bonds is 4. The minimum atomic E-state index is -0.682. The highest BCUT2D eigenvalue weighted by Gasteiger charge is 2.64. The van der Waals surface area contributed by atoms with E-state index in [-0.39, 0.29) is 41.3 Å². The van der Waals surface area contributed by atoms with Crippen LogP contribution < -0.4 is 0 Å². The Hall–Kier alpha value is -0.610. The van der Waals surface area contributed by atoms with Gasteiger partial charge in [-0.1, -0.05) is 34.1 Å². The highest BCUT2D eigenvalue weighted by molar-refractivity contribution is 5.67. The summed E-state index contributed by atoms with van der Waals surface area (Å²) in [6, 6.07) is 0. The molecular formula is C25H42O4. The Morgan fingerprint density at radius 2 is 1.66 bits per heavy atom. The average Bonchev–Trinajstić information content (AvgIpc) is 3.00. The summed E-state index contributed by atoms with van der Waals surface area (Å²) in [5.41, 5.74) is 0.391. The van der Waals surface area contributed by atoms with Gasteiger partial charge in [-0.15, -0.1) is 0 Å². The molecule has 11 atom stereocenters. The van der Waals surface area contributed by atoms with Gasteiger partial charge >= 0.3 is 5.97 Å². The van der Waals surface area contributed by atoms with Crippen LogP contribution >= 0.6 is 0 Å². The molecule has 4 rings (SSSR count). The van der Waals surface area contributed by atoms with Crippen molar-refractivity contribution in [3.8, 4) is 0 Å². The SMILES string of the molecule is CC[C@H]1[C@@H](O)C2C3CC[C@H]([C@H](C)CC(=O)O)[C@@]3(C)CCC2[C@@]2(C)CC[C@H](O)C[C@@H]12. The molecule has 0 saturated heterocycles. The van der Waals surface area contributed by atoms with Crippen molar-refractivity contribution in [2.45, 2.75) is 97.7 Å². The van der Waals surface area contributed by atoms with Gasteiger partial charge in [0.15, 0.2) is 0 Å². The molecule has 0 spiro atoms. The first-order chi connectivity index (χ1) is 13.6. The van der Waals surface area contributed by atoms with Crippen LogP contribution in [0.3, 0.4) is 0 Å². The van der Waals surface area contributed by atoms with Crippen LogP contribution in [0.2, 0.25) is 0 Å². The van der Waals surface area contributed by atoms with Gasteiger partial charge in [-0.3, -0.25) is 4.79 Å². The Balaban J connectivity index is 1.66. The fourth-order valence-electron chi connectivity index (χ4n) is 9.35. The summed E-state index contributed by atoms with van der Waals surface area (Å²) in [5.74, 6) is 2.09. The first-order valence-corrected chi connectivity index (χ1v) is 12.2. The molecule has 0 heterocycles. The standard InChI is InChI=1S/C25H42O4/c1-5-16-20-13-15(26)8-10-25(20,4)19-9-11-24(3)17(14(2)12-21(27)28)6-7-18(24)22(19)23(16)29/h14-20,22-23,26,29H,5-13H2,1-4H3,(H,27,28)/t14-,15+,16-,17-,18?,19?,20+,22?,23-,24-,25-/m1/s1. The second-order valence-corrected chi connectivity index (χ2v) is 11.7. The summed E-state index contributed by atoms with van der Waals surface area (Å²) in [6.45, 7) is 9.23. The molecule has 4 aliphatic carbocycles. The number of aliphatic hydroxyl groups is 2. The number of aliphatic hydroxyl groups excluding tert-OH is 2. The van der Waals surface area contributed by atoms with Crippen LogP contribution in [0.25, 0.3) is 0 Å². The Labute approximate surface area is 176 Å². The van der Waals surface area contributed by atoms with Crippen molar-refractivity contribution in [2.24, 2.45) is 52.3 Å². The van der Waals surface area contributed by atoms with Crippen molar-refractivity contribution in [3.63, 3.8) is 0 Å². The summed E-state index contributed by atoms with van der Waals surface area (Å²) < 4.78 is 0. The molecule has 4 fully saturated rings. The van der Waals surface area contributed by atoms with Crippen LogP contribution in [0.4, 0.5) is 0 Å². The molecule has 0 bridgehead atoms. The first-order valence-electron chi connectivity index (χ1n) is 12.2. The molecular weight excluding hydrogens is 364 g/mol.